The van der Waals surface area contributed by atoms with Gasteiger partial charge in [-0.2, -0.15) is 0 Å². The second-order valence-corrected chi connectivity index (χ2v) is 8.28. The maximum absolute atomic E-state index is 12.3. The van der Waals surface area contributed by atoms with Crippen LogP contribution < -0.4 is 10.5 Å². The Morgan fingerprint density at radius 3 is 2.50 bits per heavy atom. The van der Waals surface area contributed by atoms with E-state index in [1.807, 2.05) is 0 Å². The van der Waals surface area contributed by atoms with Gasteiger partial charge in [0.05, 0.1) is 15.6 Å². The van der Waals surface area contributed by atoms with E-state index in [0.717, 1.165) is 11.3 Å². The summed E-state index contributed by atoms with van der Waals surface area (Å²) in [6, 6.07) is 8.66. The third-order valence-electron chi connectivity index (χ3n) is 2.89. The summed E-state index contributed by atoms with van der Waals surface area (Å²) in [4.78, 5) is 23.1. The number of hydrogen-bond donors (Lipinski definition) is 2. The lowest BCUT2D eigenvalue weighted by Crippen LogP contribution is -2.30. The van der Waals surface area contributed by atoms with Crippen molar-refractivity contribution < 1.29 is 22.7 Å². The first kappa shape index (κ1) is 18.2. The van der Waals surface area contributed by atoms with Gasteiger partial charge in [-0.15, -0.1) is 11.3 Å². The van der Waals surface area contributed by atoms with Crippen LogP contribution in [0.15, 0.2) is 40.6 Å². The molecule has 2 rings (SSSR count). The van der Waals surface area contributed by atoms with Gasteiger partial charge in [0.1, 0.15) is 4.21 Å². The Labute approximate surface area is 147 Å². The molecule has 0 aliphatic rings. The molecule has 3 N–H and O–H groups in total. The van der Waals surface area contributed by atoms with E-state index in [4.69, 9.17) is 22.1 Å². The van der Waals surface area contributed by atoms with Gasteiger partial charge < -0.3 is 10.5 Å². The molecule has 1 heterocycles. The van der Waals surface area contributed by atoms with E-state index >= 15 is 0 Å². The molecule has 0 saturated carbocycles. The number of nitrogens with two attached hydrogens (primary N) is 1. The number of anilines is 1. The molecule has 0 bridgehead atoms. The van der Waals surface area contributed by atoms with Crippen molar-refractivity contribution in [1.29, 1.82) is 0 Å². The molecular weight excluding hydrogens is 376 g/mol. The SMILES string of the molecule is CC(OC(=O)c1ccccc1NS(=O)(=O)c1ccc(Cl)s1)C(N)=O. The molecule has 10 heteroatoms. The van der Waals surface area contributed by atoms with Gasteiger partial charge in [-0.25, -0.2) is 13.2 Å². The number of carbonyl (C=O) groups is 2. The minimum Gasteiger partial charge on any atom is -0.449 e. The van der Waals surface area contributed by atoms with Crippen molar-refractivity contribution in [2.24, 2.45) is 5.73 Å². The number of benzene rings is 1. The average molecular weight is 389 g/mol. The fourth-order valence-electron chi connectivity index (χ4n) is 1.67. The van der Waals surface area contributed by atoms with Crippen molar-refractivity contribution in [1.82, 2.24) is 0 Å². The molecule has 0 saturated heterocycles. The number of ether oxygens (including phenoxy) is 1. The lowest BCUT2D eigenvalue weighted by atomic mass is 10.2. The van der Waals surface area contributed by atoms with E-state index in [2.05, 4.69) is 4.72 Å². The Hall–Kier alpha value is -2.10. The van der Waals surface area contributed by atoms with Gasteiger partial charge in [0.2, 0.25) is 0 Å². The average Bonchev–Trinajstić information content (AvgIpc) is 2.94. The molecule has 0 radical (unpaired) electrons. The van der Waals surface area contributed by atoms with Crippen molar-refractivity contribution in [3.63, 3.8) is 0 Å². The molecular formula is C14H13ClN2O5S2. The predicted octanol–water partition coefficient (Wildman–Crippen LogP) is 2.23. The number of carbonyl (C=O) groups excluding carboxylic acids is 2. The van der Waals surface area contributed by atoms with Crippen LogP contribution in [0, 0.1) is 0 Å². The third-order valence-corrected chi connectivity index (χ3v) is 5.98. The standard InChI is InChI=1S/C14H13ClN2O5S2/c1-8(13(16)18)22-14(19)9-4-2-3-5-10(9)17-24(20,21)12-7-6-11(15)23-12/h2-8,17H,1H3,(H2,16,18). The number of esters is 1. The number of halogens is 1. The number of para-hydroxylation sites is 1. The highest BCUT2D eigenvalue weighted by atomic mass is 35.5. The van der Waals surface area contributed by atoms with Crippen molar-refractivity contribution in [2.75, 3.05) is 4.72 Å². The minimum absolute atomic E-state index is 0.00109. The van der Waals surface area contributed by atoms with Crippen LogP contribution in [-0.2, 0) is 19.6 Å². The molecule has 1 aromatic heterocycles. The van der Waals surface area contributed by atoms with Crippen LogP contribution in [0.2, 0.25) is 4.34 Å². The zero-order valence-electron chi connectivity index (χ0n) is 12.4. The normalized spacial score (nSPS) is 12.4. The molecule has 0 spiro atoms. The highest BCUT2D eigenvalue weighted by Crippen LogP contribution is 2.28. The van der Waals surface area contributed by atoms with Crippen LogP contribution in [0.3, 0.4) is 0 Å². The van der Waals surface area contributed by atoms with Gasteiger partial charge in [-0.1, -0.05) is 23.7 Å². The topological polar surface area (TPSA) is 116 Å². The smallest absolute Gasteiger partial charge is 0.341 e. The van der Waals surface area contributed by atoms with Crippen LogP contribution in [0.5, 0.6) is 0 Å². The summed E-state index contributed by atoms with van der Waals surface area (Å²) in [5.41, 5.74) is 5.01. The van der Waals surface area contributed by atoms with Gasteiger partial charge >= 0.3 is 5.97 Å². The van der Waals surface area contributed by atoms with E-state index in [9.17, 15) is 18.0 Å². The second kappa shape index (κ2) is 7.20. The van der Waals surface area contributed by atoms with Crippen LogP contribution in [-0.4, -0.2) is 26.4 Å². The van der Waals surface area contributed by atoms with Crippen LogP contribution in [0.1, 0.15) is 17.3 Å². The van der Waals surface area contributed by atoms with Gasteiger partial charge in [0, 0.05) is 0 Å². The lowest BCUT2D eigenvalue weighted by molar-refractivity contribution is -0.125. The quantitative estimate of drug-likeness (QED) is 0.736. The van der Waals surface area contributed by atoms with Crippen molar-refractivity contribution in [2.45, 2.75) is 17.2 Å². The summed E-state index contributed by atoms with van der Waals surface area (Å²) in [6.45, 7) is 1.32. The van der Waals surface area contributed by atoms with E-state index in [-0.39, 0.29) is 15.5 Å². The Morgan fingerprint density at radius 1 is 1.25 bits per heavy atom. The van der Waals surface area contributed by atoms with Crippen LogP contribution in [0.4, 0.5) is 5.69 Å². The van der Waals surface area contributed by atoms with Crippen LogP contribution >= 0.6 is 22.9 Å². The molecule has 1 atom stereocenters. The molecule has 0 fully saturated rings. The number of amides is 1. The highest BCUT2D eigenvalue weighted by Gasteiger charge is 2.22. The zero-order valence-corrected chi connectivity index (χ0v) is 14.7. The second-order valence-electron chi connectivity index (χ2n) is 4.66. The molecule has 0 aliphatic carbocycles. The Kier molecular flexibility index (Phi) is 5.47. The molecule has 7 nitrogen and oxygen atoms in total. The first-order valence-electron chi connectivity index (χ1n) is 6.58. The first-order chi connectivity index (χ1) is 11.2. The zero-order chi connectivity index (χ0) is 17.9. The monoisotopic (exact) mass is 388 g/mol. The van der Waals surface area contributed by atoms with E-state index in [1.165, 1.54) is 37.3 Å². The first-order valence-corrected chi connectivity index (χ1v) is 9.26. The Bertz CT molecular complexity index is 879. The van der Waals surface area contributed by atoms with Gasteiger partial charge in [-0.05, 0) is 31.2 Å². The summed E-state index contributed by atoms with van der Waals surface area (Å²) in [7, 11) is -3.91. The number of thiophene rings is 1. The summed E-state index contributed by atoms with van der Waals surface area (Å²) in [5, 5.41) is 0. The molecule has 128 valence electrons. The summed E-state index contributed by atoms with van der Waals surface area (Å²) >= 11 is 6.63. The summed E-state index contributed by atoms with van der Waals surface area (Å²) in [5.74, 6) is -1.68. The number of hydrogen-bond acceptors (Lipinski definition) is 6. The van der Waals surface area contributed by atoms with E-state index < -0.39 is 28.0 Å². The summed E-state index contributed by atoms with van der Waals surface area (Å²) in [6.07, 6.45) is -1.14. The highest BCUT2D eigenvalue weighted by molar-refractivity contribution is 7.94. The molecule has 1 amide bonds. The van der Waals surface area contributed by atoms with Gasteiger partial charge in [0.15, 0.2) is 6.10 Å². The number of sulfonamides is 1. The molecule has 1 unspecified atom stereocenters. The molecule has 1 aromatic carbocycles. The fraction of sp³-hybridized carbons (Fsp3) is 0.143. The van der Waals surface area contributed by atoms with Crippen molar-refractivity contribution in [3.05, 3.63) is 46.3 Å². The van der Waals surface area contributed by atoms with Crippen molar-refractivity contribution >= 4 is 50.5 Å². The largest absolute Gasteiger partial charge is 0.449 e. The summed E-state index contributed by atoms with van der Waals surface area (Å²) < 4.78 is 32.2. The number of rotatable bonds is 6. The van der Waals surface area contributed by atoms with Gasteiger partial charge in [0.25, 0.3) is 15.9 Å². The van der Waals surface area contributed by atoms with E-state index in [0.29, 0.717) is 4.34 Å². The van der Waals surface area contributed by atoms with Crippen LogP contribution in [0.25, 0.3) is 0 Å². The predicted molar refractivity (Wildman–Crippen MR) is 90.7 cm³/mol. The number of nitrogens with one attached hydrogen (secondary N) is 1. The minimum atomic E-state index is -3.91. The van der Waals surface area contributed by atoms with E-state index in [1.54, 1.807) is 6.07 Å². The lowest BCUT2D eigenvalue weighted by Gasteiger charge is -2.13. The molecule has 24 heavy (non-hydrogen) atoms. The Balaban J connectivity index is 2.29. The third kappa shape index (κ3) is 4.25. The van der Waals surface area contributed by atoms with Crippen molar-refractivity contribution in [3.8, 4) is 0 Å². The molecule has 0 aliphatic heterocycles. The maximum atomic E-state index is 12.3. The number of primary amides is 1. The Morgan fingerprint density at radius 2 is 1.92 bits per heavy atom. The molecule has 2 aromatic rings. The fourth-order valence-corrected chi connectivity index (χ4v) is 4.23. The maximum Gasteiger partial charge on any atom is 0.341 e. The van der Waals surface area contributed by atoms with Gasteiger partial charge in [-0.3, -0.25) is 9.52 Å².